The number of hydrogen-bond donors (Lipinski definition) is 2. The van der Waals surface area contributed by atoms with Crippen molar-refractivity contribution in [3.8, 4) is 0 Å². The highest BCUT2D eigenvalue weighted by atomic mass is 19.4. The van der Waals surface area contributed by atoms with Gasteiger partial charge in [0, 0.05) is 6.20 Å². The molecule has 7 heteroatoms. The van der Waals surface area contributed by atoms with Gasteiger partial charge in [0.25, 0.3) is 5.91 Å². The molecule has 3 rings (SSSR count). The van der Waals surface area contributed by atoms with Gasteiger partial charge in [-0.3, -0.25) is 9.78 Å². The molecule has 1 amide bonds. The Labute approximate surface area is 199 Å². The number of carbonyl (C=O) groups excluding carboxylic acids is 1. The van der Waals surface area contributed by atoms with E-state index in [1.165, 1.54) is 12.1 Å². The van der Waals surface area contributed by atoms with Crippen molar-refractivity contribution in [3.05, 3.63) is 71.1 Å². The summed E-state index contributed by atoms with van der Waals surface area (Å²) in [4.78, 5) is 17.7. The summed E-state index contributed by atoms with van der Waals surface area (Å²) < 4.78 is 38.6. The second kappa shape index (κ2) is 11.6. The van der Waals surface area contributed by atoms with Crippen LogP contribution in [0.3, 0.4) is 0 Å². The summed E-state index contributed by atoms with van der Waals surface area (Å²) in [6.07, 6.45) is 4.00. The van der Waals surface area contributed by atoms with E-state index in [0.717, 1.165) is 48.9 Å². The first-order valence-electron chi connectivity index (χ1n) is 12.0. The summed E-state index contributed by atoms with van der Waals surface area (Å²) in [7, 11) is 0. The second-order valence-corrected chi connectivity index (χ2v) is 9.13. The monoisotopic (exact) mass is 474 g/mol. The SMILES string of the molecule is CCC(C/C=C(/C(=O)N[C@H]1CCCC[C@@H]1O)c1ncccc1C)Cc1ccc(C(F)(F)F)cc1. The largest absolute Gasteiger partial charge is 0.416 e. The number of aliphatic hydroxyl groups excluding tert-OH is 1. The second-order valence-electron chi connectivity index (χ2n) is 9.13. The Morgan fingerprint density at radius 1 is 1.21 bits per heavy atom. The Bertz CT molecular complexity index is 986. The van der Waals surface area contributed by atoms with Crippen LogP contribution in [0, 0.1) is 12.8 Å². The Hall–Kier alpha value is -2.67. The van der Waals surface area contributed by atoms with Crippen molar-refractivity contribution in [2.24, 2.45) is 5.92 Å². The highest BCUT2D eigenvalue weighted by Gasteiger charge is 2.30. The van der Waals surface area contributed by atoms with Crippen LogP contribution in [-0.2, 0) is 17.4 Å². The molecule has 0 saturated heterocycles. The van der Waals surface area contributed by atoms with Gasteiger partial charge in [-0.05, 0) is 67.9 Å². The lowest BCUT2D eigenvalue weighted by Gasteiger charge is -2.28. The van der Waals surface area contributed by atoms with E-state index in [1.807, 2.05) is 32.1 Å². The van der Waals surface area contributed by atoms with Crippen molar-refractivity contribution in [1.29, 1.82) is 0 Å². The Kier molecular flexibility index (Phi) is 8.89. The fourth-order valence-corrected chi connectivity index (χ4v) is 4.43. The van der Waals surface area contributed by atoms with E-state index in [0.29, 0.717) is 30.5 Å². The van der Waals surface area contributed by atoms with E-state index < -0.39 is 17.8 Å². The molecular weight excluding hydrogens is 441 g/mol. The lowest BCUT2D eigenvalue weighted by Crippen LogP contribution is -2.45. The van der Waals surface area contributed by atoms with Crippen LogP contribution in [0.25, 0.3) is 5.57 Å². The van der Waals surface area contributed by atoms with E-state index >= 15 is 0 Å². The van der Waals surface area contributed by atoms with Gasteiger partial charge in [-0.15, -0.1) is 0 Å². The number of pyridine rings is 1. The topological polar surface area (TPSA) is 62.2 Å². The molecule has 2 aromatic rings. The molecule has 184 valence electrons. The van der Waals surface area contributed by atoms with Gasteiger partial charge in [0.1, 0.15) is 0 Å². The minimum Gasteiger partial charge on any atom is -0.391 e. The van der Waals surface area contributed by atoms with Crippen molar-refractivity contribution >= 4 is 11.5 Å². The van der Waals surface area contributed by atoms with E-state index in [-0.39, 0.29) is 17.9 Å². The summed E-state index contributed by atoms with van der Waals surface area (Å²) in [6, 6.07) is 8.72. The lowest BCUT2D eigenvalue weighted by atomic mass is 9.90. The van der Waals surface area contributed by atoms with Crippen molar-refractivity contribution < 1.29 is 23.1 Å². The number of allylic oxidation sites excluding steroid dienone is 1. The van der Waals surface area contributed by atoms with Gasteiger partial charge < -0.3 is 10.4 Å². The molecule has 0 radical (unpaired) electrons. The summed E-state index contributed by atoms with van der Waals surface area (Å²) in [5.74, 6) is -0.0963. The van der Waals surface area contributed by atoms with Crippen LogP contribution in [-0.4, -0.2) is 28.1 Å². The zero-order chi connectivity index (χ0) is 24.7. The van der Waals surface area contributed by atoms with Gasteiger partial charge in [0.15, 0.2) is 0 Å². The van der Waals surface area contributed by atoms with Crippen molar-refractivity contribution in [2.75, 3.05) is 0 Å². The smallest absolute Gasteiger partial charge is 0.391 e. The number of aryl methyl sites for hydroxylation is 1. The van der Waals surface area contributed by atoms with Gasteiger partial charge in [0.05, 0.1) is 29.0 Å². The first-order chi connectivity index (χ1) is 16.2. The molecule has 1 aliphatic rings. The van der Waals surface area contributed by atoms with Crippen LogP contribution in [0.4, 0.5) is 13.2 Å². The molecule has 0 aliphatic heterocycles. The molecule has 0 bridgehead atoms. The zero-order valence-electron chi connectivity index (χ0n) is 19.7. The highest BCUT2D eigenvalue weighted by Crippen LogP contribution is 2.30. The molecule has 3 atom stereocenters. The van der Waals surface area contributed by atoms with Crippen LogP contribution < -0.4 is 5.32 Å². The minimum atomic E-state index is -4.35. The van der Waals surface area contributed by atoms with Crippen LogP contribution in [0.15, 0.2) is 48.7 Å². The standard InChI is InChI=1S/C27H33F3N2O2/c1-3-19(17-20-10-13-21(14-11-20)27(28,29)30)12-15-22(25-18(2)7-6-16-31-25)26(34)32-23-8-4-5-9-24(23)33/h6-7,10-11,13-16,19,23-24,33H,3-5,8-9,12,17H2,1-2H3,(H,32,34)/b22-15+/t19?,23-,24-/m0/s1. The van der Waals surface area contributed by atoms with Gasteiger partial charge >= 0.3 is 6.18 Å². The molecule has 1 heterocycles. The number of amides is 1. The van der Waals surface area contributed by atoms with Crippen LogP contribution in [0.2, 0.25) is 0 Å². The fraction of sp³-hybridized carbons (Fsp3) is 0.481. The van der Waals surface area contributed by atoms with Gasteiger partial charge in [0.2, 0.25) is 0 Å². The molecule has 1 fully saturated rings. The number of nitrogens with one attached hydrogen (secondary N) is 1. The Balaban J connectivity index is 1.78. The molecule has 34 heavy (non-hydrogen) atoms. The van der Waals surface area contributed by atoms with Gasteiger partial charge in [-0.2, -0.15) is 13.2 Å². The van der Waals surface area contributed by atoms with Crippen LogP contribution >= 0.6 is 0 Å². The fourth-order valence-electron chi connectivity index (χ4n) is 4.43. The first-order valence-corrected chi connectivity index (χ1v) is 12.0. The molecular formula is C27H33F3N2O2. The Morgan fingerprint density at radius 3 is 2.53 bits per heavy atom. The minimum absolute atomic E-state index is 0.156. The number of rotatable bonds is 8. The highest BCUT2D eigenvalue weighted by molar-refractivity contribution is 6.19. The quantitative estimate of drug-likeness (QED) is 0.471. The number of alkyl halides is 3. The number of halogens is 3. The van der Waals surface area contributed by atoms with E-state index in [1.54, 1.807) is 6.20 Å². The number of aromatic nitrogens is 1. The van der Waals surface area contributed by atoms with Gasteiger partial charge in [-0.1, -0.05) is 50.5 Å². The first kappa shape index (κ1) is 25.9. The van der Waals surface area contributed by atoms with E-state index in [9.17, 15) is 23.1 Å². The third-order valence-electron chi connectivity index (χ3n) is 6.59. The molecule has 1 aliphatic carbocycles. The summed E-state index contributed by atoms with van der Waals surface area (Å²) in [5.41, 5.74) is 2.14. The summed E-state index contributed by atoms with van der Waals surface area (Å²) in [6.45, 7) is 3.94. The normalized spacial score (nSPS) is 20.1. The maximum Gasteiger partial charge on any atom is 0.416 e. The molecule has 2 N–H and O–H groups in total. The zero-order valence-corrected chi connectivity index (χ0v) is 19.7. The predicted octanol–water partition coefficient (Wildman–Crippen LogP) is 5.87. The van der Waals surface area contributed by atoms with Crippen molar-refractivity contribution in [3.63, 3.8) is 0 Å². The van der Waals surface area contributed by atoms with Gasteiger partial charge in [-0.25, -0.2) is 0 Å². The number of hydrogen-bond acceptors (Lipinski definition) is 3. The third kappa shape index (κ3) is 6.92. The average Bonchev–Trinajstić information content (AvgIpc) is 2.80. The molecule has 1 saturated carbocycles. The van der Waals surface area contributed by atoms with Crippen LogP contribution in [0.1, 0.15) is 67.8 Å². The van der Waals surface area contributed by atoms with Crippen molar-refractivity contribution in [2.45, 2.75) is 77.1 Å². The van der Waals surface area contributed by atoms with Crippen molar-refractivity contribution in [1.82, 2.24) is 10.3 Å². The predicted molar refractivity (Wildman–Crippen MR) is 127 cm³/mol. The number of nitrogens with zero attached hydrogens (tertiary/aromatic N) is 1. The number of aliphatic hydroxyl groups is 1. The van der Waals surface area contributed by atoms with E-state index in [2.05, 4.69) is 10.3 Å². The molecule has 4 nitrogen and oxygen atoms in total. The summed E-state index contributed by atoms with van der Waals surface area (Å²) in [5, 5.41) is 13.3. The van der Waals surface area contributed by atoms with E-state index in [4.69, 9.17) is 0 Å². The third-order valence-corrected chi connectivity index (χ3v) is 6.59. The number of carbonyl (C=O) groups is 1. The molecule has 1 aromatic carbocycles. The maximum absolute atomic E-state index is 13.3. The maximum atomic E-state index is 13.3. The molecule has 0 spiro atoms. The Morgan fingerprint density at radius 2 is 1.91 bits per heavy atom. The van der Waals surface area contributed by atoms with Crippen LogP contribution in [0.5, 0.6) is 0 Å². The lowest BCUT2D eigenvalue weighted by molar-refractivity contribution is -0.137. The number of benzene rings is 1. The molecule has 1 unspecified atom stereocenters. The molecule has 1 aromatic heterocycles. The summed E-state index contributed by atoms with van der Waals surface area (Å²) >= 11 is 0. The average molecular weight is 475 g/mol.